The molecule has 0 bridgehead atoms. The number of oxazole rings is 1. The third-order valence-corrected chi connectivity index (χ3v) is 5.34. The minimum atomic E-state index is -4.09. The number of anilines is 1. The molecule has 0 aliphatic carbocycles. The first-order valence-electron chi connectivity index (χ1n) is 9.34. The number of amides is 1. The van der Waals surface area contributed by atoms with E-state index in [9.17, 15) is 9.90 Å². The zero-order chi connectivity index (χ0) is 20.9. The van der Waals surface area contributed by atoms with Crippen molar-refractivity contribution in [3.05, 3.63) is 95.9 Å². The van der Waals surface area contributed by atoms with Gasteiger partial charge in [-0.25, -0.2) is 4.98 Å². The number of aromatic nitrogens is 1. The second-order valence-corrected chi connectivity index (χ2v) is 7.17. The molecule has 1 amide bonds. The van der Waals surface area contributed by atoms with E-state index >= 15 is 8.78 Å². The first-order valence-corrected chi connectivity index (χ1v) is 9.34. The van der Waals surface area contributed by atoms with E-state index < -0.39 is 23.3 Å². The van der Waals surface area contributed by atoms with E-state index in [1.807, 2.05) is 6.07 Å². The third-order valence-electron chi connectivity index (χ3n) is 5.34. The molecular weight excluding hydrogens is 390 g/mol. The largest absolute Gasteiger partial charge is 0.435 e. The number of rotatable bonds is 4. The van der Waals surface area contributed by atoms with Gasteiger partial charge < -0.3 is 14.4 Å². The van der Waals surface area contributed by atoms with E-state index in [0.29, 0.717) is 0 Å². The summed E-state index contributed by atoms with van der Waals surface area (Å²) in [6, 6.07) is 21.3. The number of fused-ring (bicyclic) bond motifs is 2. The Kier molecular flexibility index (Phi) is 3.98. The number of hydrogen-bond donors (Lipinski definition) is 1. The van der Waals surface area contributed by atoms with Crippen molar-refractivity contribution in [2.75, 3.05) is 4.90 Å². The van der Waals surface area contributed by atoms with Crippen LogP contribution in [-0.4, -0.2) is 16.0 Å². The highest BCUT2D eigenvalue weighted by atomic mass is 19.3. The molecule has 0 saturated heterocycles. The number of hydrogen-bond acceptors (Lipinski definition) is 4. The molecule has 7 heteroatoms. The molecule has 1 aromatic heterocycles. The van der Waals surface area contributed by atoms with E-state index in [0.717, 1.165) is 5.56 Å². The maximum atomic E-state index is 15.7. The van der Waals surface area contributed by atoms with Crippen LogP contribution in [0.25, 0.3) is 11.1 Å². The van der Waals surface area contributed by atoms with Gasteiger partial charge in [-0.2, -0.15) is 8.78 Å². The molecule has 150 valence electrons. The minimum absolute atomic E-state index is 0.0443. The van der Waals surface area contributed by atoms with E-state index in [4.69, 9.17) is 4.42 Å². The predicted octanol–water partition coefficient (Wildman–Crippen LogP) is 4.35. The zero-order valence-electron chi connectivity index (χ0n) is 15.6. The van der Waals surface area contributed by atoms with Crippen LogP contribution in [0.4, 0.5) is 14.5 Å². The van der Waals surface area contributed by atoms with Crippen LogP contribution in [0.2, 0.25) is 0 Å². The van der Waals surface area contributed by atoms with Crippen molar-refractivity contribution in [3.8, 4) is 0 Å². The Labute approximate surface area is 170 Å². The topological polar surface area (TPSA) is 66.6 Å². The van der Waals surface area contributed by atoms with Crippen LogP contribution in [0.5, 0.6) is 0 Å². The first kappa shape index (κ1) is 18.4. The van der Waals surface area contributed by atoms with Crippen LogP contribution in [-0.2, 0) is 22.9 Å². The number of benzene rings is 3. The Bertz CT molecular complexity index is 1220. The van der Waals surface area contributed by atoms with Gasteiger partial charge in [0, 0.05) is 5.56 Å². The van der Waals surface area contributed by atoms with E-state index in [-0.39, 0.29) is 28.9 Å². The van der Waals surface area contributed by atoms with Crippen LogP contribution in [0.1, 0.15) is 17.0 Å². The standard InChI is InChI=1S/C23H16F2N2O3/c24-23(25,20-26-17-11-5-7-13-19(17)30-20)22(29)16-10-4-6-12-18(16)27(21(22)28)14-15-8-2-1-3-9-15/h1-13,29H,14H2. The fourth-order valence-electron chi connectivity index (χ4n) is 3.82. The van der Waals surface area contributed by atoms with Gasteiger partial charge >= 0.3 is 5.92 Å². The maximum Gasteiger partial charge on any atom is 0.363 e. The second kappa shape index (κ2) is 6.47. The SMILES string of the molecule is O=C1N(Cc2ccccc2)c2ccccc2C1(O)C(F)(F)c1nc2ccccc2o1. The number of para-hydroxylation sites is 3. The molecule has 0 saturated carbocycles. The summed E-state index contributed by atoms with van der Waals surface area (Å²) in [4.78, 5) is 18.3. The molecule has 30 heavy (non-hydrogen) atoms. The third kappa shape index (κ3) is 2.48. The Balaban J connectivity index is 1.64. The summed E-state index contributed by atoms with van der Waals surface area (Å²) in [7, 11) is 0. The van der Waals surface area contributed by atoms with Gasteiger partial charge in [0.2, 0.25) is 5.60 Å². The van der Waals surface area contributed by atoms with Gasteiger partial charge in [-0.05, 0) is 23.8 Å². The molecule has 0 fully saturated rings. The fourth-order valence-corrected chi connectivity index (χ4v) is 3.82. The molecule has 1 N–H and O–H groups in total. The molecule has 0 radical (unpaired) electrons. The average Bonchev–Trinajstić information content (AvgIpc) is 3.30. The molecular formula is C23H16F2N2O3. The maximum absolute atomic E-state index is 15.7. The second-order valence-electron chi connectivity index (χ2n) is 7.17. The smallest absolute Gasteiger partial charge is 0.363 e. The van der Waals surface area contributed by atoms with E-state index in [1.165, 1.54) is 35.2 Å². The molecule has 3 aromatic carbocycles. The normalized spacial score (nSPS) is 18.8. The molecule has 5 rings (SSSR count). The molecule has 1 aliphatic rings. The van der Waals surface area contributed by atoms with Crippen molar-refractivity contribution in [1.82, 2.24) is 4.98 Å². The van der Waals surface area contributed by atoms with Gasteiger partial charge in [0.25, 0.3) is 11.8 Å². The molecule has 1 unspecified atom stereocenters. The van der Waals surface area contributed by atoms with Crippen molar-refractivity contribution in [2.45, 2.75) is 18.1 Å². The van der Waals surface area contributed by atoms with E-state index in [2.05, 4.69) is 4.98 Å². The van der Waals surface area contributed by atoms with Crippen molar-refractivity contribution in [2.24, 2.45) is 0 Å². The van der Waals surface area contributed by atoms with Gasteiger partial charge in [0.15, 0.2) is 5.58 Å². The number of alkyl halides is 2. The Morgan fingerprint density at radius 1 is 0.967 bits per heavy atom. The van der Waals surface area contributed by atoms with Crippen LogP contribution >= 0.6 is 0 Å². The number of halogens is 2. The number of nitrogens with zero attached hydrogens (tertiary/aromatic N) is 2. The Morgan fingerprint density at radius 2 is 1.63 bits per heavy atom. The molecule has 5 nitrogen and oxygen atoms in total. The monoisotopic (exact) mass is 406 g/mol. The molecule has 1 aliphatic heterocycles. The quantitative estimate of drug-likeness (QED) is 0.547. The van der Waals surface area contributed by atoms with Gasteiger partial charge in [-0.15, -0.1) is 0 Å². The van der Waals surface area contributed by atoms with Crippen molar-refractivity contribution in [1.29, 1.82) is 0 Å². The van der Waals surface area contributed by atoms with E-state index in [1.54, 1.807) is 42.5 Å². The molecule has 0 spiro atoms. The summed E-state index contributed by atoms with van der Waals surface area (Å²) >= 11 is 0. The van der Waals surface area contributed by atoms with Gasteiger partial charge in [-0.1, -0.05) is 60.7 Å². The predicted molar refractivity (Wildman–Crippen MR) is 106 cm³/mol. The highest BCUT2D eigenvalue weighted by Gasteiger charge is 2.68. The lowest BCUT2D eigenvalue weighted by Gasteiger charge is -2.29. The zero-order valence-corrected chi connectivity index (χ0v) is 15.6. The van der Waals surface area contributed by atoms with Crippen LogP contribution in [0.3, 0.4) is 0 Å². The van der Waals surface area contributed by atoms with Crippen LogP contribution < -0.4 is 4.90 Å². The van der Waals surface area contributed by atoms with Gasteiger partial charge in [-0.3, -0.25) is 4.79 Å². The lowest BCUT2D eigenvalue weighted by atomic mass is 9.88. The average molecular weight is 406 g/mol. The van der Waals surface area contributed by atoms with Crippen LogP contribution in [0, 0.1) is 0 Å². The first-order chi connectivity index (χ1) is 14.4. The number of aliphatic hydroxyl groups is 1. The lowest BCUT2D eigenvalue weighted by molar-refractivity contribution is -0.204. The summed E-state index contributed by atoms with van der Waals surface area (Å²) in [5, 5.41) is 11.2. The molecule has 4 aromatic rings. The fraction of sp³-hybridized carbons (Fsp3) is 0.130. The van der Waals surface area contributed by atoms with Crippen LogP contribution in [0.15, 0.2) is 83.3 Å². The van der Waals surface area contributed by atoms with Crippen molar-refractivity contribution >= 4 is 22.7 Å². The summed E-state index contributed by atoms with van der Waals surface area (Å²) in [6.45, 7) is 0.0443. The van der Waals surface area contributed by atoms with Gasteiger partial charge in [0.05, 0.1) is 12.2 Å². The molecule has 1 atom stereocenters. The Hall–Kier alpha value is -3.58. The Morgan fingerprint density at radius 3 is 2.40 bits per heavy atom. The number of carbonyl (C=O) groups excluding carboxylic acids is 1. The molecule has 2 heterocycles. The van der Waals surface area contributed by atoms with Crippen molar-refractivity contribution in [3.63, 3.8) is 0 Å². The summed E-state index contributed by atoms with van der Waals surface area (Å²) in [6.07, 6.45) is 0. The lowest BCUT2D eigenvalue weighted by Crippen LogP contribution is -2.51. The number of carbonyl (C=O) groups is 1. The highest BCUT2D eigenvalue weighted by molar-refractivity contribution is 6.07. The summed E-state index contributed by atoms with van der Waals surface area (Å²) < 4.78 is 36.6. The minimum Gasteiger partial charge on any atom is -0.435 e. The highest BCUT2D eigenvalue weighted by Crippen LogP contribution is 2.53. The summed E-state index contributed by atoms with van der Waals surface area (Å²) in [5.74, 6) is -6.22. The van der Waals surface area contributed by atoms with Gasteiger partial charge in [0.1, 0.15) is 5.52 Å². The van der Waals surface area contributed by atoms with Crippen molar-refractivity contribution < 1.29 is 23.1 Å². The summed E-state index contributed by atoms with van der Waals surface area (Å²) in [5.41, 5.74) is -1.98.